The van der Waals surface area contributed by atoms with Gasteiger partial charge in [-0.3, -0.25) is 9.13 Å². The van der Waals surface area contributed by atoms with Gasteiger partial charge >= 0.3 is 11.9 Å². The number of alkyl halides is 3. The predicted octanol–water partition coefficient (Wildman–Crippen LogP) is 4.35. The van der Waals surface area contributed by atoms with Crippen LogP contribution in [0.2, 0.25) is 0 Å². The average molecular weight is 350 g/mol. The van der Waals surface area contributed by atoms with Gasteiger partial charge in [-0.05, 0) is 48.9 Å². The summed E-state index contributed by atoms with van der Waals surface area (Å²) in [6.07, 6.45) is -2.51. The molecule has 0 aliphatic rings. The lowest BCUT2D eigenvalue weighted by Crippen LogP contribution is -2.23. The van der Waals surface area contributed by atoms with E-state index >= 15 is 0 Å². The minimum atomic E-state index is -4.49. The molecule has 3 nitrogen and oxygen atoms in total. The van der Waals surface area contributed by atoms with Crippen LogP contribution in [-0.4, -0.2) is 9.13 Å². The summed E-state index contributed by atoms with van der Waals surface area (Å²) >= 11 is 0. The standard InChI is InChI=1S/C18H14F4N2O/c1-2-14-11-23(16-5-3-4-12(10-16)18(20,21)22)17(25)24(14)15-8-6-13(19)7-9-15/h3-11H,2H2,1H3. The summed E-state index contributed by atoms with van der Waals surface area (Å²) in [6.45, 7) is 1.82. The van der Waals surface area contributed by atoms with Crippen molar-refractivity contribution in [3.05, 3.63) is 82.3 Å². The van der Waals surface area contributed by atoms with Crippen molar-refractivity contribution in [2.75, 3.05) is 0 Å². The summed E-state index contributed by atoms with van der Waals surface area (Å²) in [5.41, 5.74) is -0.161. The number of hydrogen-bond acceptors (Lipinski definition) is 1. The SMILES string of the molecule is CCc1cn(-c2cccc(C(F)(F)F)c2)c(=O)n1-c1ccc(F)cc1. The molecule has 0 unspecified atom stereocenters. The third-order valence-corrected chi connectivity index (χ3v) is 3.86. The van der Waals surface area contributed by atoms with Crippen LogP contribution in [0, 0.1) is 5.82 Å². The summed E-state index contributed by atoms with van der Waals surface area (Å²) < 4.78 is 54.4. The van der Waals surface area contributed by atoms with E-state index in [1.165, 1.54) is 47.2 Å². The highest BCUT2D eigenvalue weighted by Crippen LogP contribution is 2.30. The molecule has 2 aromatic carbocycles. The van der Waals surface area contributed by atoms with Crippen LogP contribution in [0.3, 0.4) is 0 Å². The van der Waals surface area contributed by atoms with Crippen LogP contribution in [0.4, 0.5) is 17.6 Å². The van der Waals surface area contributed by atoms with Crippen molar-refractivity contribution in [2.24, 2.45) is 0 Å². The maximum absolute atomic E-state index is 13.1. The molecule has 0 fully saturated rings. The van der Waals surface area contributed by atoms with Gasteiger partial charge in [0.15, 0.2) is 0 Å². The van der Waals surface area contributed by atoms with Crippen molar-refractivity contribution in [2.45, 2.75) is 19.5 Å². The van der Waals surface area contributed by atoms with E-state index < -0.39 is 23.2 Å². The number of aryl methyl sites for hydroxylation is 1. The smallest absolute Gasteiger partial charge is 0.267 e. The van der Waals surface area contributed by atoms with Crippen molar-refractivity contribution in [1.29, 1.82) is 0 Å². The molecule has 0 radical (unpaired) electrons. The summed E-state index contributed by atoms with van der Waals surface area (Å²) in [4.78, 5) is 12.7. The molecule has 1 heterocycles. The Labute approximate surface area is 140 Å². The van der Waals surface area contributed by atoms with Crippen molar-refractivity contribution in [1.82, 2.24) is 9.13 Å². The zero-order chi connectivity index (χ0) is 18.2. The Morgan fingerprint density at radius 2 is 1.68 bits per heavy atom. The van der Waals surface area contributed by atoms with Crippen LogP contribution in [0.25, 0.3) is 11.4 Å². The lowest BCUT2D eigenvalue weighted by molar-refractivity contribution is -0.137. The van der Waals surface area contributed by atoms with Crippen molar-refractivity contribution in [3.8, 4) is 11.4 Å². The van der Waals surface area contributed by atoms with E-state index in [0.29, 0.717) is 17.8 Å². The average Bonchev–Trinajstić information content (AvgIpc) is 2.92. The predicted molar refractivity (Wildman–Crippen MR) is 85.7 cm³/mol. The van der Waals surface area contributed by atoms with Gasteiger partial charge in [0.05, 0.1) is 16.9 Å². The van der Waals surface area contributed by atoms with Crippen LogP contribution in [0.1, 0.15) is 18.2 Å². The van der Waals surface area contributed by atoms with E-state index in [-0.39, 0.29) is 5.69 Å². The zero-order valence-corrected chi connectivity index (χ0v) is 13.2. The Morgan fingerprint density at radius 3 is 2.28 bits per heavy atom. The Morgan fingerprint density at radius 1 is 1.00 bits per heavy atom. The molecule has 0 saturated heterocycles. The minimum Gasteiger partial charge on any atom is -0.267 e. The van der Waals surface area contributed by atoms with Crippen LogP contribution in [0.5, 0.6) is 0 Å². The third-order valence-electron chi connectivity index (χ3n) is 3.86. The number of imidazole rings is 1. The van der Waals surface area contributed by atoms with Gasteiger partial charge < -0.3 is 0 Å². The number of benzene rings is 2. The first-order chi connectivity index (χ1) is 11.8. The second kappa shape index (κ2) is 6.23. The fraction of sp³-hybridized carbons (Fsp3) is 0.167. The number of halogens is 4. The molecule has 3 aromatic rings. The Bertz CT molecular complexity index is 952. The van der Waals surface area contributed by atoms with Gasteiger partial charge in [-0.2, -0.15) is 13.2 Å². The topological polar surface area (TPSA) is 26.9 Å². The third kappa shape index (κ3) is 3.22. The monoisotopic (exact) mass is 350 g/mol. The molecule has 0 N–H and O–H groups in total. The van der Waals surface area contributed by atoms with Gasteiger partial charge in [-0.15, -0.1) is 0 Å². The molecule has 0 bridgehead atoms. The van der Waals surface area contributed by atoms with E-state index in [1.807, 2.05) is 6.92 Å². The summed E-state index contributed by atoms with van der Waals surface area (Å²) in [5, 5.41) is 0. The van der Waals surface area contributed by atoms with Crippen LogP contribution in [-0.2, 0) is 12.6 Å². The summed E-state index contributed by atoms with van der Waals surface area (Å²) in [6, 6.07) is 9.92. The van der Waals surface area contributed by atoms with Gasteiger partial charge in [0.2, 0.25) is 0 Å². The number of rotatable bonds is 3. The fourth-order valence-corrected chi connectivity index (χ4v) is 2.63. The molecule has 0 saturated carbocycles. The summed E-state index contributed by atoms with van der Waals surface area (Å²) in [5.74, 6) is -0.438. The van der Waals surface area contributed by atoms with Crippen molar-refractivity contribution >= 4 is 0 Å². The Balaban J connectivity index is 2.17. The Hall–Kier alpha value is -2.83. The minimum absolute atomic E-state index is 0.121. The number of nitrogens with zero attached hydrogens (tertiary/aromatic N) is 2. The van der Waals surface area contributed by atoms with Gasteiger partial charge in [-0.25, -0.2) is 9.18 Å². The van der Waals surface area contributed by atoms with Crippen LogP contribution < -0.4 is 5.69 Å². The molecular formula is C18H14F4N2O. The van der Waals surface area contributed by atoms with Crippen molar-refractivity contribution < 1.29 is 17.6 Å². The molecule has 0 aliphatic heterocycles. The highest BCUT2D eigenvalue weighted by molar-refractivity contribution is 5.40. The molecule has 25 heavy (non-hydrogen) atoms. The van der Waals surface area contributed by atoms with E-state index in [1.54, 1.807) is 0 Å². The maximum Gasteiger partial charge on any atom is 0.416 e. The quantitative estimate of drug-likeness (QED) is 0.645. The normalized spacial score (nSPS) is 11.7. The van der Waals surface area contributed by atoms with E-state index in [0.717, 1.165) is 16.7 Å². The zero-order valence-electron chi connectivity index (χ0n) is 13.2. The highest BCUT2D eigenvalue weighted by Gasteiger charge is 2.30. The molecule has 7 heteroatoms. The van der Waals surface area contributed by atoms with Gasteiger partial charge in [0.25, 0.3) is 0 Å². The number of hydrogen-bond donors (Lipinski definition) is 0. The molecular weight excluding hydrogens is 336 g/mol. The fourth-order valence-electron chi connectivity index (χ4n) is 2.63. The van der Waals surface area contributed by atoms with Gasteiger partial charge in [-0.1, -0.05) is 13.0 Å². The molecule has 3 rings (SSSR count). The van der Waals surface area contributed by atoms with E-state index in [4.69, 9.17) is 0 Å². The van der Waals surface area contributed by atoms with E-state index in [2.05, 4.69) is 0 Å². The van der Waals surface area contributed by atoms with E-state index in [9.17, 15) is 22.4 Å². The highest BCUT2D eigenvalue weighted by atomic mass is 19.4. The second-order valence-electron chi connectivity index (χ2n) is 5.49. The first-order valence-corrected chi connectivity index (χ1v) is 7.58. The lowest BCUT2D eigenvalue weighted by Gasteiger charge is -2.08. The largest absolute Gasteiger partial charge is 0.416 e. The van der Waals surface area contributed by atoms with Crippen LogP contribution in [0.15, 0.2) is 59.5 Å². The molecule has 0 amide bonds. The second-order valence-corrected chi connectivity index (χ2v) is 5.49. The van der Waals surface area contributed by atoms with Gasteiger partial charge in [0, 0.05) is 11.9 Å². The van der Waals surface area contributed by atoms with Crippen LogP contribution >= 0.6 is 0 Å². The lowest BCUT2D eigenvalue weighted by atomic mass is 10.2. The van der Waals surface area contributed by atoms with Crippen molar-refractivity contribution in [3.63, 3.8) is 0 Å². The molecule has 0 atom stereocenters. The molecule has 130 valence electrons. The molecule has 1 aromatic heterocycles. The summed E-state index contributed by atoms with van der Waals surface area (Å²) in [7, 11) is 0. The molecule has 0 spiro atoms. The first-order valence-electron chi connectivity index (χ1n) is 7.58. The number of aromatic nitrogens is 2. The maximum atomic E-state index is 13.1. The Kier molecular flexibility index (Phi) is 4.24. The first kappa shape index (κ1) is 17.0. The molecule has 0 aliphatic carbocycles. The van der Waals surface area contributed by atoms with Gasteiger partial charge in [0.1, 0.15) is 5.82 Å².